The third-order valence-electron chi connectivity index (χ3n) is 5.39. The van der Waals surface area contributed by atoms with Gasteiger partial charge in [0.2, 0.25) is 0 Å². The fourth-order valence-corrected chi connectivity index (χ4v) is 3.92. The molecule has 1 fully saturated rings. The molecule has 2 aromatic rings. The van der Waals surface area contributed by atoms with Crippen LogP contribution < -0.4 is 10.2 Å². The molecule has 4 rings (SSSR count). The molecule has 5 heteroatoms. The van der Waals surface area contributed by atoms with Crippen molar-refractivity contribution in [3.63, 3.8) is 0 Å². The van der Waals surface area contributed by atoms with Crippen LogP contribution in [0.3, 0.4) is 0 Å². The zero-order valence-electron chi connectivity index (χ0n) is 15.2. The van der Waals surface area contributed by atoms with E-state index in [4.69, 9.17) is 0 Å². The zero-order valence-corrected chi connectivity index (χ0v) is 15.2. The van der Waals surface area contributed by atoms with Crippen LogP contribution in [0, 0.1) is 0 Å². The number of anilines is 2. The van der Waals surface area contributed by atoms with Crippen molar-refractivity contribution >= 4 is 23.2 Å². The van der Waals surface area contributed by atoms with E-state index >= 15 is 0 Å². The van der Waals surface area contributed by atoms with Gasteiger partial charge in [-0.05, 0) is 55.2 Å². The Hall–Kier alpha value is -2.82. The fraction of sp³-hybridized carbons (Fsp3) is 0.333. The lowest BCUT2D eigenvalue weighted by Crippen LogP contribution is -2.50. The third-order valence-corrected chi connectivity index (χ3v) is 5.39. The van der Waals surface area contributed by atoms with Crippen molar-refractivity contribution in [2.24, 2.45) is 0 Å². The molecule has 0 saturated carbocycles. The minimum atomic E-state index is -0.157. The van der Waals surface area contributed by atoms with Crippen molar-refractivity contribution in [2.75, 3.05) is 23.8 Å². The molecule has 1 atom stereocenters. The van der Waals surface area contributed by atoms with E-state index in [1.165, 1.54) is 5.56 Å². The number of carbonyl (C=O) groups excluding carboxylic acids is 2. The summed E-state index contributed by atoms with van der Waals surface area (Å²) >= 11 is 0. The summed E-state index contributed by atoms with van der Waals surface area (Å²) in [6.45, 7) is 2.90. The molecule has 1 N–H and O–H groups in total. The molecular weight excluding hydrogens is 326 g/mol. The average Bonchev–Trinajstić information content (AvgIpc) is 3.16. The van der Waals surface area contributed by atoms with Gasteiger partial charge in [-0.15, -0.1) is 0 Å². The number of hydrogen-bond donors (Lipinski definition) is 1. The normalized spacial score (nSPS) is 18.5. The van der Waals surface area contributed by atoms with Crippen LogP contribution in [0.1, 0.15) is 46.0 Å². The van der Waals surface area contributed by atoms with Gasteiger partial charge in [0.15, 0.2) is 0 Å². The number of hydrogen-bond acceptors (Lipinski definition) is 3. The van der Waals surface area contributed by atoms with Gasteiger partial charge in [0.1, 0.15) is 6.17 Å². The molecule has 2 aliphatic heterocycles. The van der Waals surface area contributed by atoms with Crippen molar-refractivity contribution in [3.8, 4) is 0 Å². The molecular formula is C21H23N3O2. The fourth-order valence-electron chi connectivity index (χ4n) is 3.92. The van der Waals surface area contributed by atoms with Crippen LogP contribution in [-0.2, 0) is 6.42 Å². The van der Waals surface area contributed by atoms with Crippen molar-refractivity contribution in [2.45, 2.75) is 32.4 Å². The summed E-state index contributed by atoms with van der Waals surface area (Å²) in [6.07, 6.45) is 3.03. The first-order chi connectivity index (χ1) is 12.6. The molecule has 2 heterocycles. The van der Waals surface area contributed by atoms with Gasteiger partial charge < -0.3 is 15.1 Å². The van der Waals surface area contributed by atoms with Crippen LogP contribution in [0.25, 0.3) is 0 Å². The summed E-state index contributed by atoms with van der Waals surface area (Å²) in [5.41, 5.74) is 4.05. The minimum Gasteiger partial charge on any atom is -0.354 e. The van der Waals surface area contributed by atoms with Crippen molar-refractivity contribution < 1.29 is 9.59 Å². The van der Waals surface area contributed by atoms with Crippen LogP contribution in [-0.4, -0.2) is 36.5 Å². The zero-order chi connectivity index (χ0) is 18.3. The maximum Gasteiger partial charge on any atom is 0.257 e. The number of rotatable bonds is 3. The Morgan fingerprint density at radius 1 is 1.23 bits per heavy atom. The Labute approximate surface area is 153 Å². The summed E-state index contributed by atoms with van der Waals surface area (Å²) < 4.78 is 0. The molecule has 5 nitrogen and oxygen atoms in total. The lowest BCUT2D eigenvalue weighted by Gasteiger charge is -2.40. The molecule has 0 aromatic heterocycles. The smallest absolute Gasteiger partial charge is 0.257 e. The van der Waals surface area contributed by atoms with Gasteiger partial charge in [-0.3, -0.25) is 9.59 Å². The lowest BCUT2D eigenvalue weighted by molar-refractivity contribution is 0.0719. The maximum absolute atomic E-state index is 12.7. The Morgan fingerprint density at radius 2 is 2.08 bits per heavy atom. The summed E-state index contributed by atoms with van der Waals surface area (Å²) in [4.78, 5) is 29.4. The topological polar surface area (TPSA) is 52.7 Å². The SMILES string of the molecule is CCc1cccc(NC(=O)c2ccc3c(c2)N(C)[C@@H]2CCCN2C3=O)c1. The molecule has 134 valence electrons. The predicted octanol–water partition coefficient (Wildman–Crippen LogP) is 3.51. The molecule has 0 spiro atoms. The molecule has 0 radical (unpaired) electrons. The van der Waals surface area contributed by atoms with Crippen LogP contribution in [0.15, 0.2) is 42.5 Å². The molecule has 2 aromatic carbocycles. The maximum atomic E-state index is 12.7. The first-order valence-electron chi connectivity index (χ1n) is 9.16. The minimum absolute atomic E-state index is 0.0724. The van der Waals surface area contributed by atoms with Gasteiger partial charge in [0.25, 0.3) is 11.8 Å². The number of fused-ring (bicyclic) bond motifs is 2. The van der Waals surface area contributed by atoms with Crippen LogP contribution in [0.2, 0.25) is 0 Å². The highest BCUT2D eigenvalue weighted by molar-refractivity contribution is 6.08. The van der Waals surface area contributed by atoms with Crippen molar-refractivity contribution in [3.05, 3.63) is 59.2 Å². The second-order valence-corrected chi connectivity index (χ2v) is 6.97. The second-order valence-electron chi connectivity index (χ2n) is 6.97. The Morgan fingerprint density at radius 3 is 2.88 bits per heavy atom. The molecule has 1 saturated heterocycles. The number of benzene rings is 2. The quantitative estimate of drug-likeness (QED) is 0.922. The van der Waals surface area contributed by atoms with E-state index in [1.807, 2.05) is 42.3 Å². The summed E-state index contributed by atoms with van der Waals surface area (Å²) in [5, 5.41) is 2.96. The van der Waals surface area contributed by atoms with E-state index in [2.05, 4.69) is 17.1 Å². The highest BCUT2D eigenvalue weighted by Gasteiger charge is 2.38. The van der Waals surface area contributed by atoms with Gasteiger partial charge in [-0.25, -0.2) is 0 Å². The molecule has 0 aliphatic carbocycles. The average molecular weight is 349 g/mol. The third kappa shape index (κ3) is 2.73. The van der Waals surface area contributed by atoms with Gasteiger partial charge in [0.05, 0.1) is 11.3 Å². The van der Waals surface area contributed by atoms with E-state index in [0.717, 1.165) is 37.2 Å². The largest absolute Gasteiger partial charge is 0.354 e. The van der Waals surface area contributed by atoms with E-state index in [1.54, 1.807) is 12.1 Å². The van der Waals surface area contributed by atoms with Crippen molar-refractivity contribution in [1.29, 1.82) is 0 Å². The first kappa shape index (κ1) is 16.6. The molecule has 0 bridgehead atoms. The van der Waals surface area contributed by atoms with Gasteiger partial charge in [-0.2, -0.15) is 0 Å². The Kier molecular flexibility index (Phi) is 4.15. The predicted molar refractivity (Wildman–Crippen MR) is 103 cm³/mol. The second kappa shape index (κ2) is 6.48. The first-order valence-corrected chi connectivity index (χ1v) is 9.16. The standard InChI is InChI=1S/C21H23N3O2/c1-3-14-6-4-7-16(12-14)22-20(25)15-9-10-17-18(13-15)23(2)19-8-5-11-24(19)21(17)26/h4,6-7,9-10,12-13,19H,3,5,8,11H2,1-2H3,(H,22,25)/t19-/m0/s1. The monoisotopic (exact) mass is 349 g/mol. The summed E-state index contributed by atoms with van der Waals surface area (Å²) in [7, 11) is 2.00. The number of nitrogens with zero attached hydrogens (tertiary/aromatic N) is 2. The van der Waals surface area contributed by atoms with Gasteiger partial charge in [-0.1, -0.05) is 19.1 Å². The summed E-state index contributed by atoms with van der Waals surface area (Å²) in [6, 6.07) is 13.2. The lowest BCUT2D eigenvalue weighted by atomic mass is 10.0. The number of carbonyl (C=O) groups is 2. The molecule has 2 amide bonds. The van der Waals surface area contributed by atoms with Crippen LogP contribution >= 0.6 is 0 Å². The van der Waals surface area contributed by atoms with Crippen molar-refractivity contribution in [1.82, 2.24) is 4.90 Å². The van der Waals surface area contributed by atoms with E-state index in [9.17, 15) is 9.59 Å². The van der Waals surface area contributed by atoms with E-state index in [0.29, 0.717) is 11.1 Å². The Balaban J connectivity index is 1.61. The molecule has 26 heavy (non-hydrogen) atoms. The number of nitrogens with one attached hydrogen (secondary N) is 1. The highest BCUT2D eigenvalue weighted by atomic mass is 16.2. The van der Waals surface area contributed by atoms with E-state index in [-0.39, 0.29) is 18.0 Å². The Bertz CT molecular complexity index is 877. The van der Waals surface area contributed by atoms with Gasteiger partial charge >= 0.3 is 0 Å². The molecule has 0 unspecified atom stereocenters. The van der Waals surface area contributed by atoms with Crippen LogP contribution in [0.5, 0.6) is 0 Å². The van der Waals surface area contributed by atoms with E-state index < -0.39 is 0 Å². The number of aryl methyl sites for hydroxylation is 1. The van der Waals surface area contributed by atoms with Crippen LogP contribution in [0.4, 0.5) is 11.4 Å². The summed E-state index contributed by atoms with van der Waals surface area (Å²) in [5.74, 6) is -0.0843. The molecule has 2 aliphatic rings. The highest BCUT2D eigenvalue weighted by Crippen LogP contribution is 2.35. The number of amides is 2. The van der Waals surface area contributed by atoms with Gasteiger partial charge in [0, 0.05) is 24.8 Å².